The van der Waals surface area contributed by atoms with Gasteiger partial charge in [0.1, 0.15) is 0 Å². The zero-order valence-electron chi connectivity index (χ0n) is 9.70. The van der Waals surface area contributed by atoms with Crippen LogP contribution in [0.5, 0.6) is 0 Å². The molecule has 0 bridgehead atoms. The van der Waals surface area contributed by atoms with Crippen molar-refractivity contribution in [1.29, 1.82) is 0 Å². The molecule has 1 rings (SSSR count). The van der Waals surface area contributed by atoms with Crippen LogP contribution in [0.15, 0.2) is 21.9 Å². The lowest BCUT2D eigenvalue weighted by atomic mass is 10.0. The van der Waals surface area contributed by atoms with Gasteiger partial charge in [0.2, 0.25) is 0 Å². The molecule has 0 amide bonds. The lowest BCUT2D eigenvalue weighted by Gasteiger charge is -2.16. The standard InChI is InChI=1S/C12H18OS2/c1-8-5-12(15-4)10(9(2)7-13)6-11(8)14-3/h5-6,9,13H,7H2,1-4H3. The Balaban J connectivity index is 3.22. The summed E-state index contributed by atoms with van der Waals surface area (Å²) < 4.78 is 0. The second kappa shape index (κ2) is 5.83. The fourth-order valence-corrected chi connectivity index (χ4v) is 2.97. The molecule has 0 radical (unpaired) electrons. The first-order chi connectivity index (χ1) is 7.13. The molecule has 1 N–H and O–H groups in total. The summed E-state index contributed by atoms with van der Waals surface area (Å²) >= 11 is 3.52. The van der Waals surface area contributed by atoms with Crippen LogP contribution in [0.1, 0.15) is 24.0 Å². The van der Waals surface area contributed by atoms with E-state index >= 15 is 0 Å². The van der Waals surface area contributed by atoms with Crippen molar-refractivity contribution in [3.63, 3.8) is 0 Å². The number of rotatable bonds is 4. The molecule has 1 atom stereocenters. The average molecular weight is 242 g/mol. The van der Waals surface area contributed by atoms with Gasteiger partial charge in [0.25, 0.3) is 0 Å². The fraction of sp³-hybridized carbons (Fsp3) is 0.500. The molecule has 3 heteroatoms. The van der Waals surface area contributed by atoms with Crippen LogP contribution in [0.25, 0.3) is 0 Å². The Morgan fingerprint density at radius 2 is 1.80 bits per heavy atom. The van der Waals surface area contributed by atoms with Crippen LogP contribution in [-0.2, 0) is 0 Å². The summed E-state index contributed by atoms with van der Waals surface area (Å²) in [4.78, 5) is 2.59. The van der Waals surface area contributed by atoms with Gasteiger partial charge in [-0.05, 0) is 42.7 Å². The third-order valence-corrected chi connectivity index (χ3v) is 4.23. The van der Waals surface area contributed by atoms with Gasteiger partial charge in [-0.3, -0.25) is 0 Å². The molecule has 0 aliphatic carbocycles. The molecule has 0 heterocycles. The first kappa shape index (κ1) is 12.9. The van der Waals surface area contributed by atoms with E-state index in [-0.39, 0.29) is 12.5 Å². The highest BCUT2D eigenvalue weighted by atomic mass is 32.2. The maximum atomic E-state index is 9.23. The lowest BCUT2D eigenvalue weighted by Crippen LogP contribution is -2.01. The van der Waals surface area contributed by atoms with Gasteiger partial charge in [0, 0.05) is 22.3 Å². The molecule has 1 aromatic carbocycles. The van der Waals surface area contributed by atoms with Gasteiger partial charge in [-0.15, -0.1) is 23.5 Å². The first-order valence-electron chi connectivity index (χ1n) is 4.97. The Kier molecular flexibility index (Phi) is 5.03. The minimum atomic E-state index is 0.213. The van der Waals surface area contributed by atoms with Gasteiger partial charge < -0.3 is 5.11 Å². The number of aliphatic hydroxyl groups excluding tert-OH is 1. The van der Waals surface area contributed by atoms with Crippen molar-refractivity contribution in [3.8, 4) is 0 Å². The van der Waals surface area contributed by atoms with Crippen LogP contribution in [0, 0.1) is 6.92 Å². The highest BCUT2D eigenvalue weighted by Crippen LogP contribution is 2.33. The Hall–Kier alpha value is -0.120. The van der Waals surface area contributed by atoms with Crippen molar-refractivity contribution in [3.05, 3.63) is 23.3 Å². The van der Waals surface area contributed by atoms with Crippen LogP contribution in [0.2, 0.25) is 0 Å². The summed E-state index contributed by atoms with van der Waals surface area (Å²) in [5.74, 6) is 0.221. The Morgan fingerprint density at radius 3 is 2.27 bits per heavy atom. The van der Waals surface area contributed by atoms with Crippen LogP contribution < -0.4 is 0 Å². The van der Waals surface area contributed by atoms with Crippen LogP contribution in [0.4, 0.5) is 0 Å². The molecule has 0 saturated carbocycles. The molecule has 0 spiro atoms. The van der Waals surface area contributed by atoms with Crippen molar-refractivity contribution in [2.24, 2.45) is 0 Å². The van der Waals surface area contributed by atoms with E-state index in [1.807, 2.05) is 0 Å². The summed E-state index contributed by atoms with van der Waals surface area (Å²) in [6.07, 6.45) is 4.18. The van der Waals surface area contributed by atoms with E-state index in [9.17, 15) is 5.11 Å². The zero-order chi connectivity index (χ0) is 11.4. The largest absolute Gasteiger partial charge is 0.396 e. The van der Waals surface area contributed by atoms with Gasteiger partial charge in [-0.1, -0.05) is 6.92 Å². The molecule has 84 valence electrons. The molecule has 0 aliphatic heterocycles. The average Bonchev–Trinajstić information content (AvgIpc) is 2.27. The van der Waals surface area contributed by atoms with Crippen molar-refractivity contribution in [1.82, 2.24) is 0 Å². The highest BCUT2D eigenvalue weighted by Gasteiger charge is 2.12. The monoisotopic (exact) mass is 242 g/mol. The molecule has 0 fully saturated rings. The summed E-state index contributed by atoms with van der Waals surface area (Å²) in [7, 11) is 0. The van der Waals surface area contributed by atoms with Crippen molar-refractivity contribution in [2.45, 2.75) is 29.6 Å². The number of hydrogen-bond acceptors (Lipinski definition) is 3. The third-order valence-electron chi connectivity index (χ3n) is 2.55. The SMILES string of the molecule is CSc1cc(C(C)CO)c(SC)cc1C. The van der Waals surface area contributed by atoms with Crippen molar-refractivity contribution in [2.75, 3.05) is 19.1 Å². The maximum Gasteiger partial charge on any atom is 0.0497 e. The van der Waals surface area contributed by atoms with Crippen molar-refractivity contribution < 1.29 is 5.11 Å². The molecule has 1 aromatic rings. The van der Waals surface area contributed by atoms with Gasteiger partial charge >= 0.3 is 0 Å². The summed E-state index contributed by atoms with van der Waals surface area (Å²) in [5, 5.41) is 9.23. The summed E-state index contributed by atoms with van der Waals surface area (Å²) in [6.45, 7) is 4.41. The van der Waals surface area contributed by atoms with E-state index in [0.29, 0.717) is 0 Å². The zero-order valence-corrected chi connectivity index (χ0v) is 11.3. The molecular weight excluding hydrogens is 224 g/mol. The minimum absolute atomic E-state index is 0.213. The van der Waals surface area contributed by atoms with E-state index in [4.69, 9.17) is 0 Å². The Morgan fingerprint density at radius 1 is 1.20 bits per heavy atom. The Labute approximate surface area is 101 Å². The second-order valence-corrected chi connectivity index (χ2v) is 5.34. The van der Waals surface area contributed by atoms with Crippen LogP contribution in [0.3, 0.4) is 0 Å². The smallest absolute Gasteiger partial charge is 0.0497 e. The lowest BCUT2D eigenvalue weighted by molar-refractivity contribution is 0.271. The van der Waals surface area contributed by atoms with Crippen LogP contribution in [-0.4, -0.2) is 24.2 Å². The maximum absolute atomic E-state index is 9.23. The third kappa shape index (κ3) is 2.92. The second-order valence-electron chi connectivity index (χ2n) is 3.65. The van der Waals surface area contributed by atoms with Crippen molar-refractivity contribution >= 4 is 23.5 Å². The molecule has 0 saturated heterocycles. The highest BCUT2D eigenvalue weighted by molar-refractivity contribution is 7.99. The molecular formula is C12H18OS2. The van der Waals surface area contributed by atoms with Gasteiger partial charge in [0.15, 0.2) is 0 Å². The predicted molar refractivity (Wildman–Crippen MR) is 70.2 cm³/mol. The predicted octanol–water partition coefficient (Wildman–Crippen LogP) is 3.53. The number of aliphatic hydroxyl groups is 1. The van der Waals surface area contributed by atoms with E-state index in [1.54, 1.807) is 23.5 Å². The quantitative estimate of drug-likeness (QED) is 0.816. The fourth-order valence-electron chi connectivity index (χ4n) is 1.56. The number of hydrogen-bond donors (Lipinski definition) is 1. The number of aryl methyl sites for hydroxylation is 1. The Bertz CT molecular complexity index is 337. The molecule has 0 aromatic heterocycles. The molecule has 15 heavy (non-hydrogen) atoms. The van der Waals surface area contributed by atoms with Gasteiger partial charge in [-0.2, -0.15) is 0 Å². The normalized spacial score (nSPS) is 12.9. The number of thioether (sulfide) groups is 2. The molecule has 1 nitrogen and oxygen atoms in total. The topological polar surface area (TPSA) is 20.2 Å². The summed E-state index contributed by atoms with van der Waals surface area (Å²) in [5.41, 5.74) is 2.58. The van der Waals surface area contributed by atoms with E-state index in [1.165, 1.54) is 20.9 Å². The van der Waals surface area contributed by atoms with Gasteiger partial charge in [-0.25, -0.2) is 0 Å². The van der Waals surface area contributed by atoms with Gasteiger partial charge in [0.05, 0.1) is 0 Å². The minimum Gasteiger partial charge on any atom is -0.396 e. The molecule has 0 aliphatic rings. The van der Waals surface area contributed by atoms with E-state index in [2.05, 4.69) is 38.5 Å². The number of benzene rings is 1. The van der Waals surface area contributed by atoms with Crippen LogP contribution >= 0.6 is 23.5 Å². The van der Waals surface area contributed by atoms with E-state index < -0.39 is 0 Å². The first-order valence-corrected chi connectivity index (χ1v) is 7.42. The van der Waals surface area contributed by atoms with E-state index in [0.717, 1.165) is 0 Å². The molecule has 1 unspecified atom stereocenters. The summed E-state index contributed by atoms with van der Waals surface area (Å²) in [6, 6.07) is 4.44.